The number of anilines is 1. The van der Waals surface area contributed by atoms with E-state index in [0.717, 1.165) is 24.4 Å². The fourth-order valence-electron chi connectivity index (χ4n) is 2.21. The molecule has 1 heterocycles. The number of rotatable bonds is 5. The number of hydrogen-bond donors (Lipinski definition) is 1. The fourth-order valence-corrected chi connectivity index (χ4v) is 3.22. The molecule has 0 amide bonds. The van der Waals surface area contributed by atoms with Gasteiger partial charge in [-0.25, -0.2) is 21.6 Å². The normalized spacial score (nSPS) is 11.7. The van der Waals surface area contributed by atoms with E-state index in [1.165, 1.54) is 48.6 Å². The van der Waals surface area contributed by atoms with E-state index in [2.05, 4.69) is 9.71 Å². The number of hydrogen-bond acceptors (Lipinski definition) is 3. The first-order valence-corrected chi connectivity index (χ1v) is 9.20. The van der Waals surface area contributed by atoms with E-state index < -0.39 is 27.5 Å². The molecule has 0 saturated carbocycles. The molecule has 0 fully saturated rings. The van der Waals surface area contributed by atoms with Crippen molar-refractivity contribution in [2.75, 3.05) is 4.72 Å². The van der Waals surface area contributed by atoms with E-state index in [-0.39, 0.29) is 16.1 Å². The highest BCUT2D eigenvalue weighted by Crippen LogP contribution is 2.19. The molecule has 1 N–H and O–H groups in total. The molecule has 138 valence electrons. The maximum absolute atomic E-state index is 13.6. The Morgan fingerprint density at radius 1 is 0.889 bits per heavy atom. The minimum absolute atomic E-state index is 0.157. The van der Waals surface area contributed by atoms with E-state index in [9.17, 15) is 21.6 Å². The van der Waals surface area contributed by atoms with Gasteiger partial charge in [-0.3, -0.25) is 9.71 Å². The maximum Gasteiger partial charge on any atom is 0.263 e. The Kier molecular flexibility index (Phi) is 5.27. The third-order valence-corrected chi connectivity index (χ3v) is 4.93. The summed E-state index contributed by atoms with van der Waals surface area (Å²) in [5.41, 5.74) is 0.355. The van der Waals surface area contributed by atoms with Gasteiger partial charge in [0, 0.05) is 17.8 Å². The molecule has 4 nitrogen and oxygen atoms in total. The van der Waals surface area contributed by atoms with Gasteiger partial charge in [0.25, 0.3) is 10.0 Å². The van der Waals surface area contributed by atoms with Crippen molar-refractivity contribution >= 4 is 27.9 Å². The summed E-state index contributed by atoms with van der Waals surface area (Å²) < 4.78 is 66.8. The highest BCUT2D eigenvalue weighted by atomic mass is 32.2. The van der Waals surface area contributed by atoms with Crippen molar-refractivity contribution in [2.24, 2.45) is 0 Å². The quantitative estimate of drug-likeness (QED) is 0.699. The first-order valence-electron chi connectivity index (χ1n) is 7.72. The summed E-state index contributed by atoms with van der Waals surface area (Å²) in [6, 6.07) is 11.2. The first-order chi connectivity index (χ1) is 12.8. The Balaban J connectivity index is 1.78. The largest absolute Gasteiger partial charge is 0.277 e. The zero-order valence-electron chi connectivity index (χ0n) is 13.7. The minimum atomic E-state index is -4.01. The molecular formula is C19H13F3N2O2S. The Morgan fingerprint density at radius 3 is 2.33 bits per heavy atom. The molecule has 0 spiro atoms. The minimum Gasteiger partial charge on any atom is -0.277 e. The lowest BCUT2D eigenvalue weighted by molar-refractivity contribution is 0.581. The van der Waals surface area contributed by atoms with Gasteiger partial charge < -0.3 is 0 Å². The summed E-state index contributed by atoms with van der Waals surface area (Å²) >= 11 is 0. The van der Waals surface area contributed by atoms with Crippen molar-refractivity contribution in [3.05, 3.63) is 89.5 Å². The SMILES string of the molecule is O=S(=O)(Nc1ccccc1F)c1ccc(C=Cc2ccc(F)cc2F)nc1. The van der Waals surface area contributed by atoms with Crippen LogP contribution in [0.1, 0.15) is 11.3 Å². The second kappa shape index (κ2) is 7.63. The van der Waals surface area contributed by atoms with Crippen LogP contribution in [-0.4, -0.2) is 13.4 Å². The summed E-state index contributed by atoms with van der Waals surface area (Å²) in [6.07, 6.45) is 3.95. The second-order valence-corrected chi connectivity index (χ2v) is 7.19. The smallest absolute Gasteiger partial charge is 0.263 e. The molecule has 0 bridgehead atoms. The molecule has 0 aliphatic rings. The molecule has 0 atom stereocenters. The number of nitrogens with one attached hydrogen (secondary N) is 1. The lowest BCUT2D eigenvalue weighted by Crippen LogP contribution is -2.14. The van der Waals surface area contributed by atoms with Crippen molar-refractivity contribution in [3.63, 3.8) is 0 Å². The number of halogens is 3. The van der Waals surface area contributed by atoms with Crippen LogP contribution in [0.3, 0.4) is 0 Å². The van der Waals surface area contributed by atoms with Crippen LogP contribution in [0.2, 0.25) is 0 Å². The van der Waals surface area contributed by atoms with Gasteiger partial charge in [0.15, 0.2) is 0 Å². The predicted octanol–water partition coefficient (Wildman–Crippen LogP) is 4.47. The molecule has 3 rings (SSSR count). The van der Waals surface area contributed by atoms with E-state index in [0.29, 0.717) is 5.69 Å². The molecule has 0 aliphatic carbocycles. The first kappa shape index (κ1) is 18.7. The number of benzene rings is 2. The van der Waals surface area contributed by atoms with Crippen LogP contribution in [0.4, 0.5) is 18.9 Å². The van der Waals surface area contributed by atoms with Gasteiger partial charge >= 0.3 is 0 Å². The number of sulfonamides is 1. The van der Waals surface area contributed by atoms with Crippen molar-refractivity contribution in [3.8, 4) is 0 Å². The van der Waals surface area contributed by atoms with Gasteiger partial charge in [-0.2, -0.15) is 0 Å². The van der Waals surface area contributed by atoms with Crippen LogP contribution in [-0.2, 0) is 10.0 Å². The highest BCUT2D eigenvalue weighted by Gasteiger charge is 2.16. The molecule has 8 heteroatoms. The third kappa shape index (κ3) is 4.53. The monoisotopic (exact) mass is 390 g/mol. The van der Waals surface area contributed by atoms with Gasteiger partial charge in [-0.05, 0) is 48.6 Å². The number of aromatic nitrogens is 1. The molecule has 0 saturated heterocycles. The zero-order valence-corrected chi connectivity index (χ0v) is 14.6. The zero-order chi connectivity index (χ0) is 19.4. The summed E-state index contributed by atoms with van der Waals surface area (Å²) in [5.74, 6) is -2.10. The van der Waals surface area contributed by atoms with Crippen molar-refractivity contribution in [1.82, 2.24) is 4.98 Å². The second-order valence-electron chi connectivity index (χ2n) is 5.50. The lowest BCUT2D eigenvalue weighted by Gasteiger charge is -2.08. The Hall–Kier alpha value is -3.13. The van der Waals surface area contributed by atoms with Crippen LogP contribution < -0.4 is 4.72 Å². The molecule has 0 aliphatic heterocycles. The van der Waals surface area contributed by atoms with Gasteiger partial charge in [0.1, 0.15) is 22.3 Å². The Bertz CT molecular complexity index is 1100. The summed E-state index contributed by atoms with van der Waals surface area (Å²) in [6.45, 7) is 0. The Labute approximate surface area is 154 Å². The Morgan fingerprint density at radius 2 is 1.67 bits per heavy atom. The average Bonchev–Trinajstić information content (AvgIpc) is 2.63. The van der Waals surface area contributed by atoms with E-state index in [4.69, 9.17) is 0 Å². The number of para-hydroxylation sites is 1. The molecule has 1 aromatic heterocycles. The molecule has 3 aromatic rings. The molecular weight excluding hydrogens is 377 g/mol. The highest BCUT2D eigenvalue weighted by molar-refractivity contribution is 7.92. The van der Waals surface area contributed by atoms with Crippen molar-refractivity contribution < 1.29 is 21.6 Å². The molecule has 0 radical (unpaired) electrons. The standard InChI is InChI=1S/C19H13F3N2O2S/c20-14-7-5-13(18(22)11-14)6-8-15-9-10-16(12-23-15)27(25,26)24-19-4-2-1-3-17(19)21/h1-12,24H. The van der Waals surface area contributed by atoms with Gasteiger partial charge in [-0.1, -0.05) is 12.1 Å². The van der Waals surface area contributed by atoms with E-state index in [1.807, 2.05) is 0 Å². The molecule has 0 unspecified atom stereocenters. The predicted molar refractivity (Wildman–Crippen MR) is 96.7 cm³/mol. The van der Waals surface area contributed by atoms with Crippen LogP contribution in [0, 0.1) is 17.5 Å². The average molecular weight is 390 g/mol. The maximum atomic E-state index is 13.6. The summed E-state index contributed by atoms with van der Waals surface area (Å²) in [4.78, 5) is 3.82. The van der Waals surface area contributed by atoms with Gasteiger partial charge in [0.2, 0.25) is 0 Å². The van der Waals surface area contributed by atoms with Crippen LogP contribution in [0.25, 0.3) is 12.2 Å². The van der Waals surface area contributed by atoms with Crippen LogP contribution in [0.15, 0.2) is 65.7 Å². The number of nitrogens with zero attached hydrogens (tertiary/aromatic N) is 1. The van der Waals surface area contributed by atoms with E-state index in [1.54, 1.807) is 0 Å². The van der Waals surface area contributed by atoms with Crippen LogP contribution >= 0.6 is 0 Å². The van der Waals surface area contributed by atoms with Gasteiger partial charge in [0.05, 0.1) is 11.4 Å². The fraction of sp³-hybridized carbons (Fsp3) is 0. The van der Waals surface area contributed by atoms with Gasteiger partial charge in [-0.15, -0.1) is 0 Å². The number of pyridine rings is 1. The lowest BCUT2D eigenvalue weighted by atomic mass is 10.2. The van der Waals surface area contributed by atoms with Crippen LogP contribution in [0.5, 0.6) is 0 Å². The van der Waals surface area contributed by atoms with Crippen molar-refractivity contribution in [1.29, 1.82) is 0 Å². The summed E-state index contributed by atoms with van der Waals surface area (Å²) in [7, 11) is -4.01. The van der Waals surface area contributed by atoms with Crippen molar-refractivity contribution in [2.45, 2.75) is 4.90 Å². The topological polar surface area (TPSA) is 59.1 Å². The third-order valence-electron chi connectivity index (χ3n) is 3.58. The summed E-state index contributed by atoms with van der Waals surface area (Å²) in [5, 5.41) is 0. The molecule has 27 heavy (non-hydrogen) atoms. The van der Waals surface area contributed by atoms with E-state index >= 15 is 0 Å². The molecule has 2 aromatic carbocycles.